The smallest absolute Gasteiger partial charge is 0.234 e. The second-order valence-electron chi connectivity index (χ2n) is 6.04. The Morgan fingerprint density at radius 2 is 1.82 bits per heavy atom. The molecule has 3 rings (SSSR count). The first-order valence-corrected chi connectivity index (χ1v) is 10.7. The summed E-state index contributed by atoms with van der Waals surface area (Å²) in [4.78, 5) is 28.6. The summed E-state index contributed by atoms with van der Waals surface area (Å²) >= 11 is 8.68. The van der Waals surface area contributed by atoms with Gasteiger partial charge in [0.15, 0.2) is 4.34 Å². The second kappa shape index (κ2) is 9.73. The first kappa shape index (κ1) is 20.4. The van der Waals surface area contributed by atoms with Gasteiger partial charge >= 0.3 is 0 Å². The lowest BCUT2D eigenvalue weighted by molar-refractivity contribution is -0.116. The van der Waals surface area contributed by atoms with Crippen LogP contribution < -0.4 is 10.6 Å². The highest BCUT2D eigenvalue weighted by Gasteiger charge is 2.10. The predicted octanol–water partition coefficient (Wildman–Crippen LogP) is 5.02. The average molecular weight is 432 g/mol. The summed E-state index contributed by atoms with van der Waals surface area (Å²) in [6.45, 7) is 2.00. The Balaban J connectivity index is 1.46. The molecule has 8 heteroatoms. The molecule has 0 saturated carbocycles. The standard InChI is InChI=1S/C20H18ClN3O2S2/c1-13-5-7-15(8-6-13)22-19(26)12-28-20-24-17(11-27-20)10-18(25)23-16-4-2-3-14(21)9-16/h2-9,11H,10,12H2,1H3,(H,22,26)(H,23,25). The van der Waals surface area contributed by atoms with E-state index in [9.17, 15) is 9.59 Å². The summed E-state index contributed by atoms with van der Waals surface area (Å²) in [6.07, 6.45) is 0.166. The SMILES string of the molecule is Cc1ccc(NC(=O)CSc2nc(CC(=O)Nc3cccc(Cl)c3)cs2)cc1. The molecule has 1 aromatic heterocycles. The molecule has 1 heterocycles. The van der Waals surface area contributed by atoms with E-state index in [0.717, 1.165) is 15.6 Å². The van der Waals surface area contributed by atoms with Crippen LogP contribution in [0.3, 0.4) is 0 Å². The monoisotopic (exact) mass is 431 g/mol. The highest BCUT2D eigenvalue weighted by Crippen LogP contribution is 2.23. The van der Waals surface area contributed by atoms with Crippen LogP contribution >= 0.6 is 34.7 Å². The third-order valence-corrected chi connectivity index (χ3v) is 5.95. The Labute approximate surface area is 176 Å². The summed E-state index contributed by atoms with van der Waals surface area (Å²) in [5.74, 6) is 0.000699. The molecular weight excluding hydrogens is 414 g/mol. The van der Waals surface area contributed by atoms with Gasteiger partial charge < -0.3 is 10.6 Å². The molecule has 28 heavy (non-hydrogen) atoms. The van der Waals surface area contributed by atoms with Gasteiger partial charge in [-0.25, -0.2) is 4.98 Å². The van der Waals surface area contributed by atoms with Crippen LogP contribution in [0.25, 0.3) is 0 Å². The Morgan fingerprint density at radius 1 is 1.07 bits per heavy atom. The van der Waals surface area contributed by atoms with Gasteiger partial charge in [0.25, 0.3) is 0 Å². The predicted molar refractivity (Wildman–Crippen MR) is 116 cm³/mol. The number of hydrogen-bond donors (Lipinski definition) is 2. The lowest BCUT2D eigenvalue weighted by Gasteiger charge is -2.04. The Hall–Kier alpha value is -2.35. The van der Waals surface area contributed by atoms with Crippen molar-refractivity contribution in [2.75, 3.05) is 16.4 Å². The van der Waals surface area contributed by atoms with Crippen molar-refractivity contribution in [3.8, 4) is 0 Å². The number of carbonyl (C=O) groups is 2. The number of carbonyl (C=O) groups excluding carboxylic acids is 2. The first-order chi connectivity index (χ1) is 13.5. The van der Waals surface area contributed by atoms with Crippen LogP contribution in [-0.2, 0) is 16.0 Å². The van der Waals surface area contributed by atoms with E-state index in [2.05, 4.69) is 15.6 Å². The largest absolute Gasteiger partial charge is 0.326 e. The zero-order chi connectivity index (χ0) is 19.9. The number of anilines is 2. The van der Waals surface area contributed by atoms with E-state index >= 15 is 0 Å². The molecule has 0 spiro atoms. The molecule has 0 saturated heterocycles. The molecule has 2 amide bonds. The fourth-order valence-corrected chi connectivity index (χ4v) is 4.17. The van der Waals surface area contributed by atoms with E-state index in [-0.39, 0.29) is 24.0 Å². The van der Waals surface area contributed by atoms with Crippen LogP contribution in [0.5, 0.6) is 0 Å². The highest BCUT2D eigenvalue weighted by atomic mass is 35.5. The normalized spacial score (nSPS) is 10.5. The number of rotatable bonds is 7. The van der Waals surface area contributed by atoms with E-state index in [1.54, 1.807) is 24.3 Å². The number of amides is 2. The highest BCUT2D eigenvalue weighted by molar-refractivity contribution is 8.01. The first-order valence-electron chi connectivity index (χ1n) is 8.47. The third kappa shape index (κ3) is 6.37. The van der Waals surface area contributed by atoms with Gasteiger partial charge in [-0.3, -0.25) is 9.59 Å². The van der Waals surface area contributed by atoms with Gasteiger partial charge in [-0.05, 0) is 37.3 Å². The van der Waals surface area contributed by atoms with E-state index < -0.39 is 0 Å². The van der Waals surface area contributed by atoms with Gasteiger partial charge in [-0.1, -0.05) is 47.1 Å². The van der Waals surface area contributed by atoms with Crippen molar-refractivity contribution < 1.29 is 9.59 Å². The Bertz CT molecular complexity index is 974. The van der Waals surface area contributed by atoms with Crippen molar-refractivity contribution in [1.82, 2.24) is 4.98 Å². The maximum atomic E-state index is 12.1. The molecule has 0 atom stereocenters. The fraction of sp³-hybridized carbons (Fsp3) is 0.150. The average Bonchev–Trinajstić information content (AvgIpc) is 3.09. The van der Waals surface area contributed by atoms with E-state index in [1.807, 2.05) is 36.6 Å². The van der Waals surface area contributed by atoms with Gasteiger partial charge in [0.2, 0.25) is 11.8 Å². The van der Waals surface area contributed by atoms with Gasteiger partial charge in [-0.15, -0.1) is 11.3 Å². The zero-order valence-corrected chi connectivity index (χ0v) is 17.5. The second-order valence-corrected chi connectivity index (χ2v) is 8.56. The molecule has 5 nitrogen and oxygen atoms in total. The topological polar surface area (TPSA) is 71.1 Å². The molecular formula is C20H18ClN3O2S2. The minimum absolute atomic E-state index is 0.0932. The van der Waals surface area contributed by atoms with Crippen molar-refractivity contribution in [2.24, 2.45) is 0 Å². The molecule has 0 bridgehead atoms. The van der Waals surface area contributed by atoms with Gasteiger partial charge in [0.1, 0.15) is 0 Å². The molecule has 0 aliphatic heterocycles. The van der Waals surface area contributed by atoms with Crippen LogP contribution in [0, 0.1) is 6.92 Å². The number of hydrogen-bond acceptors (Lipinski definition) is 5. The van der Waals surface area contributed by atoms with Gasteiger partial charge in [0.05, 0.1) is 17.9 Å². The lowest BCUT2D eigenvalue weighted by atomic mass is 10.2. The van der Waals surface area contributed by atoms with Crippen molar-refractivity contribution in [3.05, 3.63) is 70.2 Å². The Kier molecular flexibility index (Phi) is 7.08. The molecule has 0 radical (unpaired) electrons. The van der Waals surface area contributed by atoms with Crippen LogP contribution in [0.4, 0.5) is 11.4 Å². The number of aromatic nitrogens is 1. The molecule has 0 aliphatic carbocycles. The summed E-state index contributed by atoms with van der Waals surface area (Å²) in [5.41, 5.74) is 3.23. The third-order valence-electron chi connectivity index (χ3n) is 3.64. The fourth-order valence-electron chi connectivity index (χ4n) is 2.33. The van der Waals surface area contributed by atoms with Crippen molar-refractivity contribution in [2.45, 2.75) is 17.7 Å². The van der Waals surface area contributed by atoms with Crippen LogP contribution in [0.1, 0.15) is 11.3 Å². The van der Waals surface area contributed by atoms with Gasteiger partial charge in [0, 0.05) is 21.8 Å². The van der Waals surface area contributed by atoms with Crippen LogP contribution in [0.2, 0.25) is 5.02 Å². The van der Waals surface area contributed by atoms with Crippen LogP contribution in [0.15, 0.2) is 58.3 Å². The van der Waals surface area contributed by atoms with Crippen LogP contribution in [-0.4, -0.2) is 22.6 Å². The van der Waals surface area contributed by atoms with E-state index in [0.29, 0.717) is 16.4 Å². The summed E-state index contributed by atoms with van der Waals surface area (Å²) < 4.78 is 0.754. The number of nitrogens with zero attached hydrogens (tertiary/aromatic N) is 1. The number of nitrogens with one attached hydrogen (secondary N) is 2. The number of benzene rings is 2. The lowest BCUT2D eigenvalue weighted by Crippen LogP contribution is -2.14. The number of aryl methyl sites for hydroxylation is 1. The molecule has 0 aliphatic rings. The number of halogens is 1. The molecule has 0 fully saturated rings. The summed E-state index contributed by atoms with van der Waals surface area (Å²) in [6, 6.07) is 14.6. The van der Waals surface area contributed by atoms with Gasteiger partial charge in [-0.2, -0.15) is 0 Å². The molecule has 144 valence electrons. The minimum atomic E-state index is -0.166. The number of thioether (sulfide) groups is 1. The molecule has 3 aromatic rings. The molecule has 2 N–H and O–H groups in total. The van der Waals surface area contributed by atoms with Crippen molar-refractivity contribution in [3.63, 3.8) is 0 Å². The quantitative estimate of drug-likeness (QED) is 0.515. The maximum absolute atomic E-state index is 12.1. The van der Waals surface area contributed by atoms with Crippen molar-refractivity contribution in [1.29, 1.82) is 0 Å². The molecule has 0 unspecified atom stereocenters. The summed E-state index contributed by atoms with van der Waals surface area (Å²) in [5, 5.41) is 8.04. The maximum Gasteiger partial charge on any atom is 0.234 e. The summed E-state index contributed by atoms with van der Waals surface area (Å²) in [7, 11) is 0. The van der Waals surface area contributed by atoms with E-state index in [4.69, 9.17) is 11.6 Å². The Morgan fingerprint density at radius 3 is 2.57 bits per heavy atom. The molecule has 2 aromatic carbocycles. The number of thiazole rings is 1. The zero-order valence-electron chi connectivity index (χ0n) is 15.1. The van der Waals surface area contributed by atoms with E-state index in [1.165, 1.54) is 23.1 Å². The minimum Gasteiger partial charge on any atom is -0.326 e. The van der Waals surface area contributed by atoms with Crippen molar-refractivity contribution >= 4 is 57.9 Å².